The van der Waals surface area contributed by atoms with Gasteiger partial charge in [0.1, 0.15) is 0 Å². The number of rotatable bonds is 5. The number of aromatic nitrogens is 1. The van der Waals surface area contributed by atoms with Crippen molar-refractivity contribution in [3.05, 3.63) is 30.1 Å². The normalized spacial score (nSPS) is 26.6. The molecule has 0 bridgehead atoms. The van der Waals surface area contributed by atoms with Gasteiger partial charge in [0.05, 0.1) is 19.1 Å². The fraction of sp³-hybridized carbons (Fsp3) is 0.667. The van der Waals surface area contributed by atoms with E-state index in [1.807, 2.05) is 12.1 Å². The van der Waals surface area contributed by atoms with Gasteiger partial charge in [-0.1, -0.05) is 6.07 Å². The van der Waals surface area contributed by atoms with Crippen LogP contribution in [-0.2, 0) is 9.53 Å². The first-order valence-corrected chi connectivity index (χ1v) is 8.65. The standard InChI is InChI=1S/C18H27N3O3/c1-18(2,21-6-8-24-9-7-21)13-20-11-15(16(12-20)17(22)23)14-4-3-5-19-10-14/h3-5,10,15-16H,6-9,11-13H2,1-2H3,(H,22,23)/t15-,16+/m1/s1. The van der Waals surface area contributed by atoms with Crippen LogP contribution in [0.4, 0.5) is 0 Å². The Bertz CT molecular complexity index is 558. The van der Waals surface area contributed by atoms with Gasteiger partial charge in [0.2, 0.25) is 0 Å². The fourth-order valence-corrected chi connectivity index (χ4v) is 4.01. The minimum absolute atomic E-state index is 0.0106. The average molecular weight is 333 g/mol. The van der Waals surface area contributed by atoms with E-state index in [2.05, 4.69) is 28.6 Å². The van der Waals surface area contributed by atoms with E-state index in [4.69, 9.17) is 4.74 Å². The van der Waals surface area contributed by atoms with Crippen molar-refractivity contribution in [3.8, 4) is 0 Å². The molecule has 0 aliphatic carbocycles. The van der Waals surface area contributed by atoms with E-state index in [9.17, 15) is 9.90 Å². The number of likely N-dealkylation sites (tertiary alicyclic amines) is 1. The van der Waals surface area contributed by atoms with Crippen LogP contribution >= 0.6 is 0 Å². The topological polar surface area (TPSA) is 65.9 Å². The summed E-state index contributed by atoms with van der Waals surface area (Å²) in [4.78, 5) is 20.6. The Labute approximate surface area is 143 Å². The summed E-state index contributed by atoms with van der Waals surface area (Å²) in [7, 11) is 0. The van der Waals surface area contributed by atoms with Crippen molar-refractivity contribution in [2.24, 2.45) is 5.92 Å². The Kier molecular flexibility index (Phi) is 5.18. The third-order valence-electron chi connectivity index (χ3n) is 5.30. The molecule has 132 valence electrons. The van der Waals surface area contributed by atoms with Gasteiger partial charge in [-0.25, -0.2) is 0 Å². The van der Waals surface area contributed by atoms with Crippen LogP contribution in [0.15, 0.2) is 24.5 Å². The monoisotopic (exact) mass is 333 g/mol. The maximum absolute atomic E-state index is 11.7. The SMILES string of the molecule is CC(C)(CN1C[C@H](C(=O)O)[C@@H](c2cccnc2)C1)N1CCOCC1. The molecule has 1 aromatic rings. The molecule has 0 saturated carbocycles. The molecule has 1 aromatic heterocycles. The zero-order chi connectivity index (χ0) is 17.2. The van der Waals surface area contributed by atoms with Crippen LogP contribution in [-0.4, -0.2) is 77.3 Å². The molecule has 2 fully saturated rings. The van der Waals surface area contributed by atoms with Crippen molar-refractivity contribution in [1.82, 2.24) is 14.8 Å². The summed E-state index contributed by atoms with van der Waals surface area (Å²) < 4.78 is 5.45. The van der Waals surface area contributed by atoms with Crippen LogP contribution in [0.2, 0.25) is 0 Å². The third kappa shape index (κ3) is 3.77. The van der Waals surface area contributed by atoms with Gasteiger partial charge in [-0.15, -0.1) is 0 Å². The number of carbonyl (C=O) groups is 1. The lowest BCUT2D eigenvalue weighted by atomic mass is 9.90. The molecular weight excluding hydrogens is 306 g/mol. The first-order valence-electron chi connectivity index (χ1n) is 8.65. The lowest BCUT2D eigenvalue weighted by molar-refractivity contribution is -0.141. The Morgan fingerprint density at radius 1 is 1.38 bits per heavy atom. The molecule has 0 amide bonds. The molecule has 2 aliphatic heterocycles. The quantitative estimate of drug-likeness (QED) is 0.876. The number of nitrogens with zero attached hydrogens (tertiary/aromatic N) is 3. The summed E-state index contributed by atoms with van der Waals surface area (Å²) in [6.07, 6.45) is 3.53. The maximum atomic E-state index is 11.7. The number of aliphatic carboxylic acids is 1. The van der Waals surface area contributed by atoms with E-state index in [0.717, 1.165) is 45.0 Å². The molecule has 6 heteroatoms. The second kappa shape index (κ2) is 7.17. The molecule has 0 radical (unpaired) electrons. The molecule has 3 rings (SSSR count). The molecule has 6 nitrogen and oxygen atoms in total. The number of ether oxygens (including phenoxy) is 1. The third-order valence-corrected chi connectivity index (χ3v) is 5.30. The molecule has 0 aromatic carbocycles. The highest BCUT2D eigenvalue weighted by molar-refractivity contribution is 5.72. The second-order valence-corrected chi connectivity index (χ2v) is 7.44. The highest BCUT2D eigenvalue weighted by Gasteiger charge is 2.41. The molecule has 0 unspecified atom stereocenters. The molecule has 2 atom stereocenters. The smallest absolute Gasteiger partial charge is 0.308 e. The number of hydrogen-bond donors (Lipinski definition) is 1. The largest absolute Gasteiger partial charge is 0.481 e. The highest BCUT2D eigenvalue weighted by Crippen LogP contribution is 2.34. The summed E-state index contributed by atoms with van der Waals surface area (Å²) in [5.41, 5.74) is 1.04. The summed E-state index contributed by atoms with van der Waals surface area (Å²) >= 11 is 0. The van der Waals surface area contributed by atoms with E-state index in [-0.39, 0.29) is 17.4 Å². The van der Waals surface area contributed by atoms with E-state index in [0.29, 0.717) is 6.54 Å². The summed E-state index contributed by atoms with van der Waals surface area (Å²) in [6.45, 7) is 10.2. The van der Waals surface area contributed by atoms with E-state index < -0.39 is 5.97 Å². The second-order valence-electron chi connectivity index (χ2n) is 7.44. The molecule has 2 aliphatic rings. The van der Waals surface area contributed by atoms with Gasteiger partial charge in [-0.05, 0) is 25.5 Å². The molecule has 3 heterocycles. The number of morpholine rings is 1. The van der Waals surface area contributed by atoms with Gasteiger partial charge >= 0.3 is 5.97 Å². The van der Waals surface area contributed by atoms with Crippen molar-refractivity contribution in [2.45, 2.75) is 25.3 Å². The minimum atomic E-state index is -0.712. The lowest BCUT2D eigenvalue weighted by Crippen LogP contribution is -2.55. The van der Waals surface area contributed by atoms with Crippen molar-refractivity contribution >= 4 is 5.97 Å². The minimum Gasteiger partial charge on any atom is -0.481 e. The fourth-order valence-electron chi connectivity index (χ4n) is 4.01. The van der Waals surface area contributed by atoms with Gasteiger partial charge in [-0.3, -0.25) is 14.7 Å². The molecule has 24 heavy (non-hydrogen) atoms. The van der Waals surface area contributed by atoms with Crippen LogP contribution in [0.25, 0.3) is 0 Å². The summed E-state index contributed by atoms with van der Waals surface area (Å²) in [5, 5.41) is 9.64. The van der Waals surface area contributed by atoms with Gasteiger partial charge in [-0.2, -0.15) is 0 Å². The molecule has 0 spiro atoms. The lowest BCUT2D eigenvalue weighted by Gasteiger charge is -2.43. The molecule has 2 saturated heterocycles. The van der Waals surface area contributed by atoms with Crippen molar-refractivity contribution < 1.29 is 14.6 Å². The van der Waals surface area contributed by atoms with Crippen LogP contribution in [0.5, 0.6) is 0 Å². The predicted octanol–water partition coefficient (Wildman–Crippen LogP) is 1.29. The first-order chi connectivity index (χ1) is 11.5. The maximum Gasteiger partial charge on any atom is 0.308 e. The van der Waals surface area contributed by atoms with Crippen LogP contribution < -0.4 is 0 Å². The van der Waals surface area contributed by atoms with Crippen LogP contribution in [0, 0.1) is 5.92 Å². The van der Waals surface area contributed by atoms with Crippen molar-refractivity contribution in [3.63, 3.8) is 0 Å². The van der Waals surface area contributed by atoms with E-state index in [1.54, 1.807) is 12.4 Å². The van der Waals surface area contributed by atoms with Crippen LogP contribution in [0.3, 0.4) is 0 Å². The van der Waals surface area contributed by atoms with E-state index in [1.165, 1.54) is 0 Å². The van der Waals surface area contributed by atoms with Gasteiger partial charge < -0.3 is 14.7 Å². The predicted molar refractivity (Wildman–Crippen MR) is 91.0 cm³/mol. The van der Waals surface area contributed by atoms with Crippen molar-refractivity contribution in [2.75, 3.05) is 45.9 Å². The average Bonchev–Trinajstić information content (AvgIpc) is 3.00. The van der Waals surface area contributed by atoms with E-state index >= 15 is 0 Å². The first kappa shape index (κ1) is 17.3. The van der Waals surface area contributed by atoms with Crippen LogP contribution in [0.1, 0.15) is 25.3 Å². The Balaban J connectivity index is 1.70. The zero-order valence-corrected chi connectivity index (χ0v) is 14.5. The summed E-state index contributed by atoms with van der Waals surface area (Å²) in [6, 6.07) is 3.87. The zero-order valence-electron chi connectivity index (χ0n) is 14.5. The Morgan fingerprint density at radius 3 is 2.75 bits per heavy atom. The van der Waals surface area contributed by atoms with Gasteiger partial charge in [0.25, 0.3) is 0 Å². The number of carboxylic acids is 1. The Morgan fingerprint density at radius 2 is 2.12 bits per heavy atom. The number of carboxylic acid groups (broad SMARTS) is 1. The Hall–Kier alpha value is -1.50. The van der Waals surface area contributed by atoms with Crippen molar-refractivity contribution in [1.29, 1.82) is 0 Å². The number of hydrogen-bond acceptors (Lipinski definition) is 5. The highest BCUT2D eigenvalue weighted by atomic mass is 16.5. The number of pyridine rings is 1. The van der Waals surface area contributed by atoms with Gasteiger partial charge in [0, 0.05) is 56.6 Å². The van der Waals surface area contributed by atoms with Gasteiger partial charge in [0.15, 0.2) is 0 Å². The summed E-state index contributed by atoms with van der Waals surface area (Å²) in [5.74, 6) is -1.07. The molecule has 1 N–H and O–H groups in total. The molecular formula is C18H27N3O3.